The van der Waals surface area contributed by atoms with Crippen molar-refractivity contribution in [1.82, 2.24) is 4.98 Å². The Morgan fingerprint density at radius 2 is 2.09 bits per heavy atom. The first kappa shape index (κ1) is 14.5. The molecule has 0 atom stereocenters. The number of anilines is 1. The number of rotatable bonds is 4. The molecule has 3 aromatic rings. The molecule has 0 spiro atoms. The molecule has 112 valence electrons. The van der Waals surface area contributed by atoms with Gasteiger partial charge in [0.25, 0.3) is 0 Å². The molecule has 3 rings (SSSR count). The van der Waals surface area contributed by atoms with Crippen LogP contribution in [0.25, 0.3) is 20.8 Å². The zero-order valence-corrected chi connectivity index (χ0v) is 13.2. The van der Waals surface area contributed by atoms with Crippen LogP contribution in [0.5, 0.6) is 5.75 Å². The van der Waals surface area contributed by atoms with Crippen LogP contribution in [-0.2, 0) is 4.79 Å². The van der Waals surface area contributed by atoms with Crippen LogP contribution in [0, 0.1) is 0 Å². The van der Waals surface area contributed by atoms with Crippen molar-refractivity contribution in [3.05, 3.63) is 42.5 Å². The molecule has 1 heterocycles. The van der Waals surface area contributed by atoms with Gasteiger partial charge in [-0.05, 0) is 30.3 Å². The Labute approximate surface area is 132 Å². The van der Waals surface area contributed by atoms with Gasteiger partial charge in [0.2, 0.25) is 5.91 Å². The second-order valence-electron chi connectivity index (χ2n) is 4.80. The Balaban J connectivity index is 2.03. The third kappa shape index (κ3) is 2.80. The fourth-order valence-corrected chi connectivity index (χ4v) is 3.13. The molecule has 5 heteroatoms. The molecule has 0 fully saturated rings. The van der Waals surface area contributed by atoms with Crippen molar-refractivity contribution in [1.29, 1.82) is 0 Å². The van der Waals surface area contributed by atoms with E-state index in [2.05, 4.69) is 16.4 Å². The molecule has 0 radical (unpaired) electrons. The highest BCUT2D eigenvalue weighted by Gasteiger charge is 2.11. The van der Waals surface area contributed by atoms with Crippen LogP contribution < -0.4 is 10.1 Å². The van der Waals surface area contributed by atoms with Gasteiger partial charge in [-0.3, -0.25) is 4.79 Å². The monoisotopic (exact) mass is 312 g/mol. The topological polar surface area (TPSA) is 51.2 Å². The summed E-state index contributed by atoms with van der Waals surface area (Å²) < 4.78 is 6.45. The van der Waals surface area contributed by atoms with Gasteiger partial charge in [0.15, 0.2) is 0 Å². The van der Waals surface area contributed by atoms with Gasteiger partial charge in [0.05, 0.1) is 23.0 Å². The van der Waals surface area contributed by atoms with Crippen LogP contribution in [0.2, 0.25) is 0 Å². The Morgan fingerprint density at radius 1 is 1.27 bits per heavy atom. The molecule has 0 saturated carbocycles. The van der Waals surface area contributed by atoms with Crippen molar-refractivity contribution in [2.24, 2.45) is 0 Å². The van der Waals surface area contributed by atoms with E-state index in [9.17, 15) is 4.79 Å². The molecule has 0 unspecified atom stereocenters. The van der Waals surface area contributed by atoms with Crippen molar-refractivity contribution >= 4 is 33.1 Å². The fourth-order valence-electron chi connectivity index (χ4n) is 2.17. The standard InChI is InChI=1S/C17H16N2O2S/c1-3-16(20)18-13-10-11(8-9-14(13)21-2)17-19-12-6-4-5-7-15(12)22-17/h4-10H,3H2,1-2H3,(H,18,20). The van der Waals surface area contributed by atoms with E-state index >= 15 is 0 Å². The third-order valence-corrected chi connectivity index (χ3v) is 4.42. The zero-order chi connectivity index (χ0) is 15.5. The van der Waals surface area contributed by atoms with E-state index in [-0.39, 0.29) is 5.91 Å². The summed E-state index contributed by atoms with van der Waals surface area (Å²) >= 11 is 1.63. The van der Waals surface area contributed by atoms with Gasteiger partial charge in [0.1, 0.15) is 10.8 Å². The minimum atomic E-state index is -0.0419. The van der Waals surface area contributed by atoms with E-state index in [0.717, 1.165) is 20.8 Å². The molecule has 1 amide bonds. The summed E-state index contributed by atoms with van der Waals surface area (Å²) in [5.74, 6) is 0.603. The summed E-state index contributed by atoms with van der Waals surface area (Å²) in [4.78, 5) is 16.3. The van der Waals surface area contributed by atoms with Crippen LogP contribution in [0.15, 0.2) is 42.5 Å². The summed E-state index contributed by atoms with van der Waals surface area (Å²) in [6, 6.07) is 13.8. The number of aromatic nitrogens is 1. The molecule has 1 N–H and O–H groups in total. The second-order valence-corrected chi connectivity index (χ2v) is 5.83. The first-order valence-electron chi connectivity index (χ1n) is 7.05. The predicted octanol–water partition coefficient (Wildman–Crippen LogP) is 4.32. The third-order valence-electron chi connectivity index (χ3n) is 3.34. The quantitative estimate of drug-likeness (QED) is 0.780. The van der Waals surface area contributed by atoms with Gasteiger partial charge in [-0.25, -0.2) is 4.98 Å². The lowest BCUT2D eigenvalue weighted by atomic mass is 10.2. The largest absolute Gasteiger partial charge is 0.495 e. The smallest absolute Gasteiger partial charge is 0.224 e. The number of thiazole rings is 1. The first-order valence-corrected chi connectivity index (χ1v) is 7.86. The Morgan fingerprint density at radius 3 is 2.82 bits per heavy atom. The Kier molecular flexibility index (Phi) is 4.06. The van der Waals surface area contributed by atoms with E-state index in [1.54, 1.807) is 18.4 Å². The second kappa shape index (κ2) is 6.15. The molecule has 1 aromatic heterocycles. The highest BCUT2D eigenvalue weighted by molar-refractivity contribution is 7.21. The van der Waals surface area contributed by atoms with Gasteiger partial charge in [-0.2, -0.15) is 0 Å². The lowest BCUT2D eigenvalue weighted by Gasteiger charge is -2.10. The van der Waals surface area contributed by atoms with Crippen LogP contribution in [0.3, 0.4) is 0 Å². The number of nitrogens with zero attached hydrogens (tertiary/aromatic N) is 1. The number of benzene rings is 2. The molecule has 22 heavy (non-hydrogen) atoms. The van der Waals surface area contributed by atoms with E-state index in [1.165, 1.54) is 0 Å². The number of hydrogen-bond donors (Lipinski definition) is 1. The highest BCUT2D eigenvalue weighted by atomic mass is 32.1. The summed E-state index contributed by atoms with van der Waals surface area (Å²) in [5.41, 5.74) is 2.62. The van der Waals surface area contributed by atoms with Crippen LogP contribution in [0.1, 0.15) is 13.3 Å². The molecule has 0 saturated heterocycles. The fraction of sp³-hybridized carbons (Fsp3) is 0.176. The molecule has 0 aliphatic carbocycles. The predicted molar refractivity (Wildman–Crippen MR) is 90.5 cm³/mol. The normalized spacial score (nSPS) is 10.6. The van der Waals surface area contributed by atoms with Crippen LogP contribution in [-0.4, -0.2) is 18.0 Å². The van der Waals surface area contributed by atoms with Crippen molar-refractivity contribution in [2.45, 2.75) is 13.3 Å². The number of ether oxygens (including phenoxy) is 1. The Hall–Kier alpha value is -2.40. The lowest BCUT2D eigenvalue weighted by Crippen LogP contribution is -2.10. The number of carbonyl (C=O) groups excluding carboxylic acids is 1. The molecule has 4 nitrogen and oxygen atoms in total. The van der Waals surface area contributed by atoms with Crippen LogP contribution in [0.4, 0.5) is 5.69 Å². The van der Waals surface area contributed by atoms with E-state index in [4.69, 9.17) is 4.74 Å². The summed E-state index contributed by atoms with van der Waals surface area (Å²) in [7, 11) is 1.59. The average molecular weight is 312 g/mol. The molecule has 0 aliphatic heterocycles. The van der Waals surface area contributed by atoms with E-state index < -0.39 is 0 Å². The molecular weight excluding hydrogens is 296 g/mol. The zero-order valence-electron chi connectivity index (χ0n) is 12.4. The van der Waals surface area contributed by atoms with Gasteiger partial charge in [0, 0.05) is 12.0 Å². The van der Waals surface area contributed by atoms with Gasteiger partial charge in [-0.15, -0.1) is 11.3 Å². The van der Waals surface area contributed by atoms with Crippen molar-refractivity contribution in [3.63, 3.8) is 0 Å². The van der Waals surface area contributed by atoms with Crippen molar-refractivity contribution in [3.8, 4) is 16.3 Å². The maximum absolute atomic E-state index is 11.7. The SMILES string of the molecule is CCC(=O)Nc1cc(-c2nc3ccccc3s2)ccc1OC. The maximum Gasteiger partial charge on any atom is 0.224 e. The average Bonchev–Trinajstić information content (AvgIpc) is 2.98. The summed E-state index contributed by atoms with van der Waals surface area (Å²) in [6.45, 7) is 1.82. The number of methoxy groups -OCH3 is 1. The lowest BCUT2D eigenvalue weighted by molar-refractivity contribution is -0.115. The number of fused-ring (bicyclic) bond motifs is 1. The maximum atomic E-state index is 11.7. The Bertz CT molecular complexity index is 793. The van der Waals surface area contributed by atoms with Gasteiger partial charge in [-0.1, -0.05) is 19.1 Å². The van der Waals surface area contributed by atoms with Crippen LogP contribution >= 0.6 is 11.3 Å². The molecular formula is C17H16N2O2S. The molecule has 2 aromatic carbocycles. The van der Waals surface area contributed by atoms with Crippen molar-refractivity contribution < 1.29 is 9.53 Å². The summed E-state index contributed by atoms with van der Waals surface area (Å²) in [6.07, 6.45) is 0.425. The minimum Gasteiger partial charge on any atom is -0.495 e. The minimum absolute atomic E-state index is 0.0419. The molecule has 0 bridgehead atoms. The number of carbonyl (C=O) groups is 1. The van der Waals surface area contributed by atoms with E-state index in [1.807, 2.05) is 43.3 Å². The van der Waals surface area contributed by atoms with Gasteiger partial charge >= 0.3 is 0 Å². The summed E-state index contributed by atoms with van der Waals surface area (Å²) in [5, 5.41) is 3.79. The molecule has 0 aliphatic rings. The number of hydrogen-bond acceptors (Lipinski definition) is 4. The number of nitrogens with one attached hydrogen (secondary N) is 1. The van der Waals surface area contributed by atoms with E-state index in [0.29, 0.717) is 17.9 Å². The highest BCUT2D eigenvalue weighted by Crippen LogP contribution is 2.34. The number of amides is 1. The van der Waals surface area contributed by atoms with Crippen molar-refractivity contribution in [2.75, 3.05) is 12.4 Å². The number of para-hydroxylation sites is 1. The van der Waals surface area contributed by atoms with Gasteiger partial charge < -0.3 is 10.1 Å². The first-order chi connectivity index (χ1) is 10.7.